The summed E-state index contributed by atoms with van der Waals surface area (Å²) in [7, 11) is 0. The molecule has 6 atom stereocenters. The van der Waals surface area contributed by atoms with Gasteiger partial charge in [-0.2, -0.15) is 0 Å². The Kier molecular flexibility index (Phi) is 6.34. The molecule has 2 aliphatic heterocycles. The molecular weight excluding hydrogens is 546 g/mol. The molecule has 0 radical (unpaired) electrons. The average molecular weight is 582 g/mol. The number of nitrogens with zero attached hydrogens (tertiary/aromatic N) is 1. The highest BCUT2D eigenvalue weighted by molar-refractivity contribution is 5.94. The predicted molar refractivity (Wildman–Crippen MR) is 146 cm³/mol. The molecule has 6 rings (SSSR count). The summed E-state index contributed by atoms with van der Waals surface area (Å²) in [6.45, 7) is 8.10. The molecule has 0 aromatic heterocycles. The molecule has 6 N–H and O–H groups in total. The molecule has 2 saturated carbocycles. The van der Waals surface area contributed by atoms with Crippen molar-refractivity contribution in [1.29, 1.82) is 0 Å². The highest BCUT2D eigenvalue weighted by Gasteiger charge is 2.79. The first-order valence-electron chi connectivity index (χ1n) is 14.3. The lowest BCUT2D eigenvalue weighted by atomic mass is 9.40. The molecule has 2 amide bonds. The number of likely N-dealkylation sites (tertiary alicyclic amines) is 1. The summed E-state index contributed by atoms with van der Waals surface area (Å²) >= 11 is 0. The Morgan fingerprint density at radius 2 is 1.71 bits per heavy atom. The van der Waals surface area contributed by atoms with Gasteiger partial charge in [-0.25, -0.2) is 9.59 Å². The van der Waals surface area contributed by atoms with Crippen LogP contribution in [-0.4, -0.2) is 80.0 Å². The van der Waals surface area contributed by atoms with E-state index in [4.69, 9.17) is 4.74 Å². The van der Waals surface area contributed by atoms with Crippen LogP contribution in [0, 0.1) is 11.3 Å². The van der Waals surface area contributed by atoms with Crippen LogP contribution in [0.1, 0.15) is 55.2 Å². The van der Waals surface area contributed by atoms with Crippen LogP contribution in [0.3, 0.4) is 0 Å². The van der Waals surface area contributed by atoms with E-state index in [1.54, 1.807) is 6.07 Å². The molecule has 2 bridgehead atoms. The molecule has 42 heavy (non-hydrogen) atoms. The SMILES string of the molecule is C=CC(=O)NC(O)(C(=O)O)c1ccc2c3c1OC1CCC[C@@]4(C(O)(NC(=O)C=C)C(=O)O)[C@@H](C2)N(CC2CC2)CC[C@]314. The van der Waals surface area contributed by atoms with Gasteiger partial charge in [-0.3, -0.25) is 14.5 Å². The summed E-state index contributed by atoms with van der Waals surface area (Å²) in [6.07, 6.45) is 5.06. The van der Waals surface area contributed by atoms with Crippen molar-refractivity contribution in [3.8, 4) is 5.75 Å². The molecule has 1 aromatic rings. The number of carbonyl (C=O) groups is 4. The molecule has 1 spiro atoms. The van der Waals surface area contributed by atoms with Gasteiger partial charge in [0.2, 0.25) is 17.5 Å². The Hall–Kier alpha value is -3.74. The highest BCUT2D eigenvalue weighted by atomic mass is 16.5. The number of carboxylic acids is 2. The van der Waals surface area contributed by atoms with Crippen LogP contribution in [0.25, 0.3) is 0 Å². The topological polar surface area (TPSA) is 186 Å². The minimum absolute atomic E-state index is 0.0508. The van der Waals surface area contributed by atoms with Crippen LogP contribution in [0.4, 0.5) is 0 Å². The van der Waals surface area contributed by atoms with Crippen molar-refractivity contribution >= 4 is 23.8 Å². The lowest BCUT2D eigenvalue weighted by Crippen LogP contribution is -2.82. The lowest BCUT2D eigenvalue weighted by Gasteiger charge is -2.68. The van der Waals surface area contributed by atoms with E-state index in [2.05, 4.69) is 28.7 Å². The molecule has 1 aromatic carbocycles. The molecule has 12 heteroatoms. The van der Waals surface area contributed by atoms with Crippen molar-refractivity contribution < 1.29 is 44.3 Å². The van der Waals surface area contributed by atoms with E-state index < -0.39 is 58.2 Å². The second kappa shape index (κ2) is 9.38. The Labute approximate surface area is 242 Å². The molecule has 12 nitrogen and oxygen atoms in total. The second-order valence-corrected chi connectivity index (χ2v) is 12.2. The fourth-order valence-corrected chi connectivity index (χ4v) is 8.62. The van der Waals surface area contributed by atoms with E-state index in [1.807, 2.05) is 0 Å². The van der Waals surface area contributed by atoms with Crippen molar-refractivity contribution in [3.05, 3.63) is 54.1 Å². The zero-order valence-corrected chi connectivity index (χ0v) is 23.1. The number of carboxylic acid groups (broad SMARTS) is 2. The fourth-order valence-electron chi connectivity index (χ4n) is 8.62. The van der Waals surface area contributed by atoms with Gasteiger partial charge >= 0.3 is 11.9 Å². The molecule has 3 unspecified atom stereocenters. The standard InChI is InChI=1S/C30H35N3O9/c1-3-21(34)31-29(40,25(36)37)18-10-9-17-14-19-28(30(41,26(38)39)32-22(35)4-2)11-5-6-20-27(28,23(17)24(18)42-20)12-13-33(19)15-16-7-8-16/h3-4,9-10,16,19-20,40-41H,1-2,5-8,11-15H2,(H,31,34)(H,32,35)(H,36,37)(H,38,39)/t19-,20?,27-,28-,29?,30?/m1/s1. The summed E-state index contributed by atoms with van der Waals surface area (Å²) in [5, 5.41) is 49.0. The number of ether oxygens (including phenoxy) is 1. The van der Waals surface area contributed by atoms with Gasteiger partial charge in [0.1, 0.15) is 11.9 Å². The number of aliphatic carboxylic acids is 2. The quantitative estimate of drug-likeness (QED) is 0.168. The van der Waals surface area contributed by atoms with Gasteiger partial charge in [-0.1, -0.05) is 19.2 Å². The largest absolute Gasteiger partial charge is 0.489 e. The van der Waals surface area contributed by atoms with Gasteiger partial charge < -0.3 is 35.8 Å². The molecule has 1 saturated heterocycles. The number of hydrogen-bond donors (Lipinski definition) is 6. The Balaban J connectivity index is 1.63. The van der Waals surface area contributed by atoms with Crippen LogP contribution < -0.4 is 15.4 Å². The number of carbonyl (C=O) groups excluding carboxylic acids is 2. The summed E-state index contributed by atoms with van der Waals surface area (Å²) in [5.41, 5.74) is -7.16. The number of aliphatic hydroxyl groups is 2. The van der Waals surface area contributed by atoms with Gasteiger partial charge in [-0.15, -0.1) is 0 Å². The molecule has 5 aliphatic rings. The van der Waals surface area contributed by atoms with Crippen molar-refractivity contribution in [2.75, 3.05) is 13.1 Å². The zero-order chi connectivity index (χ0) is 30.2. The number of piperidine rings is 1. The van der Waals surface area contributed by atoms with Crippen molar-refractivity contribution in [3.63, 3.8) is 0 Å². The van der Waals surface area contributed by atoms with E-state index in [0.29, 0.717) is 43.7 Å². The van der Waals surface area contributed by atoms with Crippen LogP contribution in [0.15, 0.2) is 37.4 Å². The van der Waals surface area contributed by atoms with Gasteiger partial charge in [0.25, 0.3) is 5.72 Å². The second-order valence-electron chi connectivity index (χ2n) is 12.2. The van der Waals surface area contributed by atoms with Crippen LogP contribution >= 0.6 is 0 Å². The van der Waals surface area contributed by atoms with E-state index in [0.717, 1.165) is 37.1 Å². The smallest absolute Gasteiger partial charge is 0.362 e. The molecule has 3 fully saturated rings. The first kappa shape index (κ1) is 28.4. The maximum Gasteiger partial charge on any atom is 0.362 e. The van der Waals surface area contributed by atoms with E-state index >= 15 is 0 Å². The summed E-state index contributed by atoms with van der Waals surface area (Å²) < 4.78 is 6.53. The first-order valence-corrected chi connectivity index (χ1v) is 14.3. The van der Waals surface area contributed by atoms with Gasteiger partial charge in [0.15, 0.2) is 0 Å². The van der Waals surface area contributed by atoms with Gasteiger partial charge in [-0.05, 0) is 81.2 Å². The summed E-state index contributed by atoms with van der Waals surface area (Å²) in [6, 6.07) is 2.60. The molecule has 224 valence electrons. The maximum absolute atomic E-state index is 13.2. The van der Waals surface area contributed by atoms with Crippen molar-refractivity contribution in [2.24, 2.45) is 11.3 Å². The lowest BCUT2D eigenvalue weighted by molar-refractivity contribution is -0.243. The molecule has 2 heterocycles. The third kappa shape index (κ3) is 3.51. The molecule has 3 aliphatic carbocycles. The zero-order valence-electron chi connectivity index (χ0n) is 23.1. The number of nitrogens with one attached hydrogen (secondary N) is 2. The van der Waals surface area contributed by atoms with Crippen LogP contribution in [-0.2, 0) is 36.7 Å². The van der Waals surface area contributed by atoms with Gasteiger partial charge in [0, 0.05) is 23.6 Å². The number of benzene rings is 1. The van der Waals surface area contributed by atoms with E-state index in [9.17, 15) is 39.6 Å². The van der Waals surface area contributed by atoms with Crippen molar-refractivity contribution in [2.45, 2.75) is 74.0 Å². The maximum atomic E-state index is 13.2. The number of amides is 2. The average Bonchev–Trinajstić information content (AvgIpc) is 3.71. The van der Waals surface area contributed by atoms with Gasteiger partial charge in [0.05, 0.1) is 11.0 Å². The predicted octanol–water partition coefficient (Wildman–Crippen LogP) is 0.503. The minimum atomic E-state index is -2.88. The Morgan fingerprint density at radius 1 is 1.02 bits per heavy atom. The fraction of sp³-hybridized carbons (Fsp3) is 0.533. The Morgan fingerprint density at radius 3 is 2.33 bits per heavy atom. The van der Waals surface area contributed by atoms with Crippen LogP contribution in [0.2, 0.25) is 0 Å². The van der Waals surface area contributed by atoms with E-state index in [-0.39, 0.29) is 17.7 Å². The third-order valence-corrected chi connectivity index (χ3v) is 10.4. The minimum Gasteiger partial charge on any atom is -0.489 e. The first-order chi connectivity index (χ1) is 19.9. The third-order valence-electron chi connectivity index (χ3n) is 10.4. The number of hydrogen-bond acceptors (Lipinski definition) is 8. The summed E-state index contributed by atoms with van der Waals surface area (Å²) in [5.74, 6) is -4.60. The summed E-state index contributed by atoms with van der Waals surface area (Å²) in [4.78, 5) is 52.8. The molecular formula is C30H35N3O9. The van der Waals surface area contributed by atoms with Crippen LogP contribution in [0.5, 0.6) is 5.75 Å². The van der Waals surface area contributed by atoms with Crippen molar-refractivity contribution in [1.82, 2.24) is 15.5 Å². The highest BCUT2D eigenvalue weighted by Crippen LogP contribution is 2.71. The van der Waals surface area contributed by atoms with E-state index in [1.165, 1.54) is 6.07 Å². The monoisotopic (exact) mass is 581 g/mol. The Bertz CT molecular complexity index is 1420. The number of rotatable bonds is 10. The normalized spacial score (nSPS) is 31.8.